The molecule has 0 saturated heterocycles. The molecule has 1 heterocycles. The number of aryl methyl sites for hydroxylation is 1. The first-order valence-electron chi connectivity index (χ1n) is 7.68. The highest BCUT2D eigenvalue weighted by molar-refractivity contribution is 7.99. The monoisotopic (exact) mass is 383 g/mol. The van der Waals surface area contributed by atoms with Gasteiger partial charge in [-0.05, 0) is 43.5 Å². The van der Waals surface area contributed by atoms with Crippen LogP contribution in [-0.2, 0) is 19.0 Å². The van der Waals surface area contributed by atoms with Gasteiger partial charge in [0.05, 0.1) is 4.92 Å². The van der Waals surface area contributed by atoms with Crippen LogP contribution >= 0.6 is 11.8 Å². The number of halogens is 3. The van der Waals surface area contributed by atoms with Gasteiger partial charge in [0, 0.05) is 33.8 Å². The average molecular weight is 383 g/mol. The van der Waals surface area contributed by atoms with Crippen molar-refractivity contribution >= 4 is 23.7 Å². The van der Waals surface area contributed by atoms with Crippen LogP contribution < -0.4 is 0 Å². The van der Waals surface area contributed by atoms with E-state index in [2.05, 4.69) is 9.97 Å². The van der Waals surface area contributed by atoms with Crippen LogP contribution in [0.4, 0.5) is 18.9 Å². The zero-order valence-electron chi connectivity index (χ0n) is 13.2. The van der Waals surface area contributed by atoms with Crippen LogP contribution in [0, 0.1) is 10.1 Å². The lowest BCUT2D eigenvalue weighted by molar-refractivity contribution is -0.384. The number of carbonyl (C=O) groups is 1. The molecule has 10 heteroatoms. The minimum absolute atomic E-state index is 0.000852. The molecule has 0 amide bonds. The standard InChI is InChI=1S/C16H12F3N3O3S/c17-16(18,19)14-11-3-1-2-4-12(11)20-15(21-14)26-13-6-5-10(22(24)25)7-9(13)8-23/h5-8H,1-4H2. The third-order valence-electron chi connectivity index (χ3n) is 3.96. The van der Waals surface area contributed by atoms with E-state index in [1.165, 1.54) is 12.1 Å². The summed E-state index contributed by atoms with van der Waals surface area (Å²) in [5.41, 5.74) is -0.722. The minimum atomic E-state index is -4.59. The fraction of sp³-hybridized carbons (Fsp3) is 0.312. The Hall–Kier alpha value is -2.49. The molecule has 3 rings (SSSR count). The SMILES string of the molecule is O=Cc1cc([N+](=O)[O-])ccc1Sc1nc2c(c(C(F)(F)F)n1)CCCC2. The van der Waals surface area contributed by atoms with E-state index in [4.69, 9.17) is 0 Å². The second-order valence-corrected chi connectivity index (χ2v) is 6.69. The van der Waals surface area contributed by atoms with Crippen LogP contribution in [0.25, 0.3) is 0 Å². The maximum absolute atomic E-state index is 13.4. The third-order valence-corrected chi connectivity index (χ3v) is 4.92. The average Bonchev–Trinajstić information content (AvgIpc) is 2.60. The molecule has 136 valence electrons. The predicted molar refractivity (Wildman–Crippen MR) is 86.3 cm³/mol. The fourth-order valence-corrected chi connectivity index (χ4v) is 3.63. The largest absolute Gasteiger partial charge is 0.433 e. The Morgan fingerprint density at radius 3 is 2.58 bits per heavy atom. The number of aldehydes is 1. The van der Waals surface area contributed by atoms with Crippen molar-refractivity contribution in [2.24, 2.45) is 0 Å². The van der Waals surface area contributed by atoms with E-state index in [1.54, 1.807) is 0 Å². The zero-order chi connectivity index (χ0) is 18.9. The number of fused-ring (bicyclic) bond motifs is 1. The number of nitro groups is 1. The van der Waals surface area contributed by atoms with Gasteiger partial charge in [0.25, 0.3) is 5.69 Å². The Balaban J connectivity index is 2.03. The number of alkyl halides is 3. The van der Waals surface area contributed by atoms with Gasteiger partial charge in [-0.1, -0.05) is 0 Å². The summed E-state index contributed by atoms with van der Waals surface area (Å²) in [6.45, 7) is 0. The van der Waals surface area contributed by atoms with Crippen LogP contribution in [0.15, 0.2) is 28.3 Å². The topological polar surface area (TPSA) is 86.0 Å². The Morgan fingerprint density at radius 2 is 1.92 bits per heavy atom. The Labute approximate surface area is 150 Å². The molecular weight excluding hydrogens is 371 g/mol. The van der Waals surface area contributed by atoms with Gasteiger partial charge in [0.15, 0.2) is 17.1 Å². The maximum Gasteiger partial charge on any atom is 0.433 e. The Kier molecular flexibility index (Phi) is 4.94. The summed E-state index contributed by atoms with van der Waals surface area (Å²) in [5.74, 6) is 0. The molecule has 0 bridgehead atoms. The highest BCUT2D eigenvalue weighted by Gasteiger charge is 2.38. The van der Waals surface area contributed by atoms with E-state index in [0.29, 0.717) is 24.8 Å². The maximum atomic E-state index is 13.4. The molecule has 0 radical (unpaired) electrons. The third kappa shape index (κ3) is 3.69. The molecule has 0 atom stereocenters. The molecular formula is C16H12F3N3O3S. The van der Waals surface area contributed by atoms with Crippen molar-refractivity contribution in [3.63, 3.8) is 0 Å². The molecule has 26 heavy (non-hydrogen) atoms. The van der Waals surface area contributed by atoms with Gasteiger partial charge < -0.3 is 0 Å². The van der Waals surface area contributed by atoms with Crippen molar-refractivity contribution in [1.82, 2.24) is 9.97 Å². The number of benzene rings is 1. The van der Waals surface area contributed by atoms with Gasteiger partial charge in [-0.3, -0.25) is 14.9 Å². The number of rotatable bonds is 4. The van der Waals surface area contributed by atoms with Gasteiger partial charge in [-0.25, -0.2) is 9.97 Å². The lowest BCUT2D eigenvalue weighted by atomic mass is 9.94. The molecule has 6 nitrogen and oxygen atoms in total. The van der Waals surface area contributed by atoms with Crippen LogP contribution in [0.3, 0.4) is 0 Å². The highest BCUT2D eigenvalue weighted by atomic mass is 32.2. The van der Waals surface area contributed by atoms with E-state index < -0.39 is 16.8 Å². The summed E-state index contributed by atoms with van der Waals surface area (Å²) in [6, 6.07) is 3.55. The number of carbonyl (C=O) groups excluding carboxylic acids is 1. The molecule has 0 N–H and O–H groups in total. The predicted octanol–water partition coefficient (Wildman–Crippen LogP) is 4.25. The highest BCUT2D eigenvalue weighted by Crippen LogP contribution is 2.37. The van der Waals surface area contributed by atoms with E-state index >= 15 is 0 Å². The molecule has 0 aliphatic heterocycles. The van der Waals surface area contributed by atoms with Crippen LogP contribution in [0.2, 0.25) is 0 Å². The van der Waals surface area contributed by atoms with Gasteiger partial charge in [0.2, 0.25) is 0 Å². The number of nitrogens with zero attached hydrogens (tertiary/aromatic N) is 3. The second kappa shape index (κ2) is 7.02. The molecule has 0 spiro atoms. The summed E-state index contributed by atoms with van der Waals surface area (Å²) in [5, 5.41) is 10.7. The van der Waals surface area contributed by atoms with E-state index in [-0.39, 0.29) is 33.3 Å². The van der Waals surface area contributed by atoms with Crippen LogP contribution in [-0.4, -0.2) is 21.2 Å². The minimum Gasteiger partial charge on any atom is -0.298 e. The van der Waals surface area contributed by atoms with Crippen molar-refractivity contribution in [1.29, 1.82) is 0 Å². The molecule has 0 unspecified atom stereocenters. The number of non-ortho nitro benzene ring substituents is 1. The van der Waals surface area contributed by atoms with Crippen molar-refractivity contribution in [3.05, 3.63) is 50.8 Å². The molecule has 1 aliphatic rings. The van der Waals surface area contributed by atoms with E-state index in [0.717, 1.165) is 24.2 Å². The quantitative estimate of drug-likeness (QED) is 0.340. The first kappa shape index (κ1) is 18.3. The summed E-state index contributed by atoms with van der Waals surface area (Å²) in [7, 11) is 0. The molecule has 0 fully saturated rings. The van der Waals surface area contributed by atoms with E-state index in [1.807, 2.05) is 0 Å². The summed E-state index contributed by atoms with van der Waals surface area (Å²) >= 11 is 0.786. The first-order valence-corrected chi connectivity index (χ1v) is 8.49. The number of hydrogen-bond donors (Lipinski definition) is 0. The van der Waals surface area contributed by atoms with E-state index in [9.17, 15) is 28.1 Å². The smallest absolute Gasteiger partial charge is 0.298 e. The normalized spacial score (nSPS) is 14.0. The van der Waals surface area contributed by atoms with Gasteiger partial charge in [0.1, 0.15) is 0 Å². The van der Waals surface area contributed by atoms with Crippen molar-refractivity contribution < 1.29 is 22.9 Å². The number of nitro benzene ring substituents is 1. The van der Waals surface area contributed by atoms with Gasteiger partial charge in [-0.2, -0.15) is 13.2 Å². The molecule has 1 aromatic heterocycles. The van der Waals surface area contributed by atoms with Crippen LogP contribution in [0.5, 0.6) is 0 Å². The summed E-state index contributed by atoms with van der Waals surface area (Å²) < 4.78 is 40.1. The first-order chi connectivity index (χ1) is 12.3. The molecule has 0 saturated carbocycles. The van der Waals surface area contributed by atoms with Gasteiger partial charge in [-0.15, -0.1) is 0 Å². The van der Waals surface area contributed by atoms with Gasteiger partial charge >= 0.3 is 6.18 Å². The van der Waals surface area contributed by atoms with Crippen molar-refractivity contribution in [3.8, 4) is 0 Å². The number of aromatic nitrogens is 2. The van der Waals surface area contributed by atoms with Crippen LogP contribution in [0.1, 0.15) is 40.2 Å². The number of hydrogen-bond acceptors (Lipinski definition) is 6. The molecule has 1 aromatic carbocycles. The lowest BCUT2D eigenvalue weighted by Gasteiger charge is -2.20. The molecule has 1 aliphatic carbocycles. The zero-order valence-corrected chi connectivity index (χ0v) is 14.1. The molecule has 2 aromatic rings. The lowest BCUT2D eigenvalue weighted by Crippen LogP contribution is -2.19. The second-order valence-electron chi connectivity index (χ2n) is 5.68. The van der Waals surface area contributed by atoms with Crippen molar-refractivity contribution in [2.45, 2.75) is 41.9 Å². The summed E-state index contributed by atoms with van der Waals surface area (Å²) in [6.07, 6.45) is -2.05. The summed E-state index contributed by atoms with van der Waals surface area (Å²) in [4.78, 5) is 29.5. The Bertz CT molecular complexity index is 887. The Morgan fingerprint density at radius 1 is 1.19 bits per heavy atom. The van der Waals surface area contributed by atoms with Crippen molar-refractivity contribution in [2.75, 3.05) is 0 Å². The fourth-order valence-electron chi connectivity index (χ4n) is 2.78.